The molecule has 1 atom stereocenters. The average molecular weight is 519 g/mol. The van der Waals surface area contributed by atoms with Gasteiger partial charge in [0.05, 0.1) is 0 Å². The second kappa shape index (κ2) is 9.79. The highest BCUT2D eigenvalue weighted by molar-refractivity contribution is 6.11. The summed E-state index contributed by atoms with van der Waals surface area (Å²) >= 11 is 0. The average Bonchev–Trinajstić information content (AvgIpc) is 3.67. The van der Waals surface area contributed by atoms with Crippen LogP contribution in [0, 0.1) is 0 Å². The number of para-hydroxylation sites is 1. The molecular formula is C33H30N2O4. The van der Waals surface area contributed by atoms with Gasteiger partial charge >= 0.3 is 0 Å². The van der Waals surface area contributed by atoms with Crippen molar-refractivity contribution < 1.29 is 19.0 Å². The Kier molecular flexibility index (Phi) is 5.97. The molecule has 196 valence electrons. The van der Waals surface area contributed by atoms with Crippen LogP contribution in [-0.4, -0.2) is 38.9 Å². The molecule has 3 heterocycles. The zero-order valence-electron chi connectivity index (χ0n) is 21.6. The molecule has 3 aliphatic rings. The van der Waals surface area contributed by atoms with Gasteiger partial charge in [-0.3, -0.25) is 4.79 Å². The van der Waals surface area contributed by atoms with Crippen LogP contribution in [0.3, 0.4) is 0 Å². The maximum Gasteiger partial charge on any atom is 0.245 e. The molecule has 0 aromatic heterocycles. The normalized spacial score (nSPS) is 18.5. The van der Waals surface area contributed by atoms with E-state index in [-0.39, 0.29) is 25.2 Å². The smallest absolute Gasteiger partial charge is 0.245 e. The summed E-state index contributed by atoms with van der Waals surface area (Å²) in [6, 6.07) is 33.1. The Hall–Kier alpha value is -4.29. The molecule has 6 nitrogen and oxygen atoms in total. The topological polar surface area (TPSA) is 60.0 Å². The summed E-state index contributed by atoms with van der Waals surface area (Å²) < 4.78 is 17.3. The van der Waals surface area contributed by atoms with E-state index in [4.69, 9.17) is 14.2 Å². The number of hydrogen-bond acceptors (Lipinski definition) is 5. The molecule has 0 saturated carbocycles. The van der Waals surface area contributed by atoms with Crippen molar-refractivity contribution in [2.24, 2.45) is 0 Å². The zero-order valence-corrected chi connectivity index (χ0v) is 21.6. The van der Waals surface area contributed by atoms with Crippen molar-refractivity contribution in [1.29, 1.82) is 0 Å². The van der Waals surface area contributed by atoms with Crippen LogP contribution in [0.15, 0.2) is 97.1 Å². The van der Waals surface area contributed by atoms with E-state index in [1.54, 1.807) is 0 Å². The maximum atomic E-state index is 14.1. The third-order valence-electron chi connectivity index (χ3n) is 8.13. The molecule has 3 aliphatic heterocycles. The van der Waals surface area contributed by atoms with Gasteiger partial charge in [0.1, 0.15) is 17.8 Å². The largest absolute Gasteiger partial charge is 0.491 e. The molecule has 0 fully saturated rings. The lowest BCUT2D eigenvalue weighted by atomic mass is 9.77. The third kappa shape index (κ3) is 3.94. The van der Waals surface area contributed by atoms with Crippen molar-refractivity contribution >= 4 is 11.6 Å². The molecule has 4 aromatic carbocycles. The van der Waals surface area contributed by atoms with Gasteiger partial charge in [0.2, 0.25) is 12.7 Å². The number of carbonyl (C=O) groups excluding carboxylic acids is 1. The van der Waals surface area contributed by atoms with Gasteiger partial charge < -0.3 is 24.4 Å². The second-order valence-corrected chi connectivity index (χ2v) is 10.3. The van der Waals surface area contributed by atoms with E-state index in [0.29, 0.717) is 23.8 Å². The van der Waals surface area contributed by atoms with Crippen molar-refractivity contribution in [3.05, 3.63) is 119 Å². The highest BCUT2D eigenvalue weighted by Crippen LogP contribution is 2.55. The van der Waals surface area contributed by atoms with Gasteiger partial charge in [-0.1, -0.05) is 78.9 Å². The summed E-state index contributed by atoms with van der Waals surface area (Å²) in [4.78, 5) is 16.1. The lowest BCUT2D eigenvalue weighted by Gasteiger charge is -2.23. The summed E-state index contributed by atoms with van der Waals surface area (Å²) in [5.74, 6) is 2.35. The van der Waals surface area contributed by atoms with Gasteiger partial charge in [-0.05, 0) is 41.8 Å². The first-order chi connectivity index (χ1) is 19.3. The number of anilines is 1. The molecule has 0 bridgehead atoms. The van der Waals surface area contributed by atoms with Crippen molar-refractivity contribution in [3.63, 3.8) is 0 Å². The van der Waals surface area contributed by atoms with E-state index in [1.807, 2.05) is 35.2 Å². The Morgan fingerprint density at radius 1 is 0.769 bits per heavy atom. The van der Waals surface area contributed by atoms with E-state index in [2.05, 4.69) is 72.0 Å². The standard InChI is InChI=1S/C33H30N2O4/c36-32-33(21-37-29-19-31-30(18-27(29)33)38-22-39-31)26-14-7-8-15-28(26)35(32)17-9-16-34-20-25(23-10-3-1-4-11-23)24-12-5-2-6-13-24/h1-8,10-15,18-19,25,34H,9,16-17,20-22H2. The fourth-order valence-corrected chi connectivity index (χ4v) is 6.19. The molecule has 4 aromatic rings. The summed E-state index contributed by atoms with van der Waals surface area (Å²) in [5, 5.41) is 3.66. The molecule has 1 N–H and O–H groups in total. The van der Waals surface area contributed by atoms with Gasteiger partial charge in [-0.25, -0.2) is 0 Å². The number of carbonyl (C=O) groups is 1. The quantitative estimate of drug-likeness (QED) is 0.323. The highest BCUT2D eigenvalue weighted by atomic mass is 16.7. The number of amides is 1. The minimum absolute atomic E-state index is 0.0627. The van der Waals surface area contributed by atoms with Crippen LogP contribution in [0.2, 0.25) is 0 Å². The third-order valence-corrected chi connectivity index (χ3v) is 8.13. The summed E-state index contributed by atoms with van der Waals surface area (Å²) in [7, 11) is 0. The molecule has 7 rings (SSSR count). The van der Waals surface area contributed by atoms with Crippen LogP contribution in [0.1, 0.15) is 34.6 Å². The number of benzene rings is 4. The van der Waals surface area contributed by atoms with Gasteiger partial charge in [0.25, 0.3) is 0 Å². The maximum absolute atomic E-state index is 14.1. The van der Waals surface area contributed by atoms with Crippen molar-refractivity contribution in [3.8, 4) is 17.2 Å². The zero-order chi connectivity index (χ0) is 26.2. The van der Waals surface area contributed by atoms with Crippen LogP contribution in [0.5, 0.6) is 17.2 Å². The monoisotopic (exact) mass is 518 g/mol. The molecule has 0 saturated heterocycles. The van der Waals surface area contributed by atoms with E-state index >= 15 is 0 Å². The number of ether oxygens (including phenoxy) is 3. The first-order valence-corrected chi connectivity index (χ1v) is 13.5. The van der Waals surface area contributed by atoms with Crippen molar-refractivity contribution in [2.75, 3.05) is 37.9 Å². The number of nitrogens with zero attached hydrogens (tertiary/aromatic N) is 1. The summed E-state index contributed by atoms with van der Waals surface area (Å²) in [6.07, 6.45) is 0.835. The van der Waals surface area contributed by atoms with Gasteiger partial charge in [0, 0.05) is 36.3 Å². The number of hydrogen-bond donors (Lipinski definition) is 1. The number of fused-ring (bicyclic) bond motifs is 5. The lowest BCUT2D eigenvalue weighted by molar-refractivity contribution is -0.122. The SMILES string of the molecule is O=C1N(CCCNCC(c2ccccc2)c2ccccc2)c2ccccc2C12COc1cc3c(cc12)OCO3. The van der Waals surface area contributed by atoms with Gasteiger partial charge in [0.15, 0.2) is 11.5 Å². The lowest BCUT2D eigenvalue weighted by Crippen LogP contribution is -2.43. The predicted molar refractivity (Wildman–Crippen MR) is 150 cm³/mol. The van der Waals surface area contributed by atoms with Crippen molar-refractivity contribution in [2.45, 2.75) is 17.8 Å². The summed E-state index contributed by atoms with van der Waals surface area (Å²) in [5.41, 5.74) is 4.55. The minimum Gasteiger partial charge on any atom is -0.491 e. The molecule has 39 heavy (non-hydrogen) atoms. The fraction of sp³-hybridized carbons (Fsp3) is 0.242. The molecular weight excluding hydrogens is 488 g/mol. The molecule has 1 spiro atoms. The summed E-state index contributed by atoms with van der Waals surface area (Å²) in [6.45, 7) is 2.74. The number of nitrogens with one attached hydrogen (secondary N) is 1. The van der Waals surface area contributed by atoms with E-state index in [9.17, 15) is 4.79 Å². The Morgan fingerprint density at radius 3 is 2.18 bits per heavy atom. The Balaban J connectivity index is 1.07. The number of rotatable bonds is 8. The molecule has 1 unspecified atom stereocenters. The molecule has 0 radical (unpaired) electrons. The van der Waals surface area contributed by atoms with E-state index < -0.39 is 5.41 Å². The van der Waals surface area contributed by atoms with Crippen molar-refractivity contribution in [1.82, 2.24) is 5.32 Å². The molecule has 0 aliphatic carbocycles. The Labute approximate surface area is 228 Å². The Bertz CT molecular complexity index is 1470. The predicted octanol–water partition coefficient (Wildman–Crippen LogP) is 5.25. The highest BCUT2D eigenvalue weighted by Gasteiger charge is 2.57. The minimum atomic E-state index is -0.855. The Morgan fingerprint density at radius 2 is 1.44 bits per heavy atom. The van der Waals surface area contributed by atoms with Gasteiger partial charge in [-0.15, -0.1) is 0 Å². The van der Waals surface area contributed by atoms with Crippen LogP contribution < -0.4 is 24.4 Å². The molecule has 6 heteroatoms. The van der Waals surface area contributed by atoms with Crippen LogP contribution in [-0.2, 0) is 10.2 Å². The van der Waals surface area contributed by atoms with E-state index in [0.717, 1.165) is 36.3 Å². The fourth-order valence-electron chi connectivity index (χ4n) is 6.19. The van der Waals surface area contributed by atoms with Gasteiger partial charge in [-0.2, -0.15) is 0 Å². The first kappa shape index (κ1) is 23.8. The van der Waals surface area contributed by atoms with E-state index in [1.165, 1.54) is 11.1 Å². The second-order valence-electron chi connectivity index (χ2n) is 10.3. The van der Waals surface area contributed by atoms with Crippen LogP contribution >= 0.6 is 0 Å². The van der Waals surface area contributed by atoms with Crippen LogP contribution in [0.25, 0.3) is 0 Å². The molecule has 1 amide bonds. The first-order valence-electron chi connectivity index (χ1n) is 13.5. The van der Waals surface area contributed by atoms with Crippen LogP contribution in [0.4, 0.5) is 5.69 Å².